The van der Waals surface area contributed by atoms with Crippen LogP contribution in [0.1, 0.15) is 38.2 Å². The highest BCUT2D eigenvalue weighted by molar-refractivity contribution is 6.76. The fourth-order valence-corrected chi connectivity index (χ4v) is 6.07. The molecule has 5 heterocycles. The van der Waals surface area contributed by atoms with E-state index in [0.29, 0.717) is 19.9 Å². The fraction of sp³-hybridized carbons (Fsp3) is 0.452. The van der Waals surface area contributed by atoms with Crippen LogP contribution in [0.25, 0.3) is 33.5 Å². The first-order valence-corrected chi connectivity index (χ1v) is 18.4. The number of ether oxygens (including phenoxy) is 1. The molecule has 222 valence electrons. The van der Waals surface area contributed by atoms with Crippen molar-refractivity contribution in [3.63, 3.8) is 0 Å². The molecule has 0 saturated carbocycles. The highest BCUT2D eigenvalue weighted by Crippen LogP contribution is 2.34. The van der Waals surface area contributed by atoms with Crippen LogP contribution in [0.5, 0.6) is 0 Å². The minimum absolute atomic E-state index is 0.136. The van der Waals surface area contributed by atoms with Crippen LogP contribution in [0.15, 0.2) is 48.9 Å². The number of carboxylic acid groups (broad SMARTS) is 1. The molecule has 0 aromatic carbocycles. The van der Waals surface area contributed by atoms with Gasteiger partial charge in [0.2, 0.25) is 0 Å². The van der Waals surface area contributed by atoms with Gasteiger partial charge in [0, 0.05) is 57.2 Å². The molecule has 1 aliphatic rings. The van der Waals surface area contributed by atoms with Crippen molar-refractivity contribution in [2.24, 2.45) is 0 Å². The van der Waals surface area contributed by atoms with Gasteiger partial charge >= 0.3 is 6.09 Å². The lowest BCUT2D eigenvalue weighted by Gasteiger charge is -2.35. The smallest absolute Gasteiger partial charge is 0.404 e. The lowest BCUT2D eigenvalue weighted by Crippen LogP contribution is -2.48. The minimum atomic E-state index is -1.22. The third-order valence-corrected chi connectivity index (χ3v) is 9.33. The molecule has 4 aromatic heterocycles. The number of hydrogen-bond acceptors (Lipinski definition) is 7. The molecule has 11 heteroatoms. The number of nitrogens with one attached hydrogen (secondary N) is 1. The largest absolute Gasteiger partial charge is 0.465 e. The molecule has 1 unspecified atom stereocenters. The number of anilines is 1. The molecule has 1 aliphatic heterocycles. The third-order valence-electron chi connectivity index (χ3n) is 7.62. The van der Waals surface area contributed by atoms with E-state index in [1.807, 2.05) is 35.3 Å². The van der Waals surface area contributed by atoms with Gasteiger partial charge in [-0.2, -0.15) is 5.10 Å². The molecule has 10 nitrogen and oxygen atoms in total. The van der Waals surface area contributed by atoms with Crippen molar-refractivity contribution >= 4 is 30.9 Å². The Balaban J connectivity index is 1.56. The maximum Gasteiger partial charge on any atom is 0.404 e. The fourth-order valence-electron chi connectivity index (χ4n) is 5.32. The van der Waals surface area contributed by atoms with Crippen molar-refractivity contribution in [2.45, 2.75) is 71.1 Å². The number of nitrogens with zero attached hydrogens (tertiary/aromatic N) is 6. The first kappa shape index (κ1) is 29.7. The number of piperidine rings is 1. The van der Waals surface area contributed by atoms with Gasteiger partial charge in [-0.15, -0.1) is 0 Å². The number of rotatable bonds is 10. The van der Waals surface area contributed by atoms with Crippen molar-refractivity contribution in [3.8, 4) is 22.6 Å². The zero-order valence-corrected chi connectivity index (χ0v) is 26.2. The van der Waals surface area contributed by atoms with Crippen LogP contribution < -0.4 is 10.2 Å². The first-order valence-electron chi connectivity index (χ1n) is 14.7. The van der Waals surface area contributed by atoms with E-state index in [1.165, 1.54) is 0 Å². The molecule has 2 N–H and O–H groups in total. The van der Waals surface area contributed by atoms with Crippen LogP contribution in [0.2, 0.25) is 25.7 Å². The lowest BCUT2D eigenvalue weighted by molar-refractivity contribution is 0.0818. The van der Waals surface area contributed by atoms with Gasteiger partial charge in [0.15, 0.2) is 0 Å². The molecule has 1 amide bonds. The predicted octanol–water partition coefficient (Wildman–Crippen LogP) is 6.23. The molecule has 4 aromatic rings. The molecule has 1 fully saturated rings. The summed E-state index contributed by atoms with van der Waals surface area (Å²) in [5.74, 6) is 1.14. The van der Waals surface area contributed by atoms with Crippen molar-refractivity contribution in [3.05, 3.63) is 54.5 Å². The molecule has 0 spiro atoms. The Hall–Kier alpha value is -3.83. The van der Waals surface area contributed by atoms with Crippen LogP contribution in [-0.4, -0.2) is 69.7 Å². The Kier molecular flexibility index (Phi) is 8.88. The Labute approximate surface area is 248 Å². The summed E-state index contributed by atoms with van der Waals surface area (Å²) in [6, 6.07) is 11.1. The van der Waals surface area contributed by atoms with E-state index in [-0.39, 0.29) is 12.0 Å². The summed E-state index contributed by atoms with van der Waals surface area (Å²) in [7, 11) is -1.22. The van der Waals surface area contributed by atoms with E-state index in [0.717, 1.165) is 70.4 Å². The van der Waals surface area contributed by atoms with E-state index in [4.69, 9.17) is 19.8 Å². The molecule has 0 bridgehead atoms. The Morgan fingerprint density at radius 1 is 1.19 bits per heavy atom. The molecule has 1 atom stereocenters. The molecule has 42 heavy (non-hydrogen) atoms. The normalized spacial score (nSPS) is 15.9. The molecule has 5 rings (SSSR count). The number of carbonyl (C=O) groups is 1. The van der Waals surface area contributed by atoms with Gasteiger partial charge in [-0.05, 0) is 54.6 Å². The van der Waals surface area contributed by atoms with Crippen LogP contribution in [0.3, 0.4) is 0 Å². The summed E-state index contributed by atoms with van der Waals surface area (Å²) in [4.78, 5) is 27.8. The maximum atomic E-state index is 11.4. The van der Waals surface area contributed by atoms with Crippen molar-refractivity contribution in [1.29, 1.82) is 0 Å². The summed E-state index contributed by atoms with van der Waals surface area (Å²) in [6.07, 6.45) is 6.13. The van der Waals surface area contributed by atoms with Crippen LogP contribution in [0, 0.1) is 0 Å². The molecule has 1 saturated heterocycles. The quantitative estimate of drug-likeness (QED) is 0.166. The number of aromatic nitrogens is 5. The van der Waals surface area contributed by atoms with Gasteiger partial charge in [0.25, 0.3) is 0 Å². The second-order valence-electron chi connectivity index (χ2n) is 12.5. The van der Waals surface area contributed by atoms with E-state index < -0.39 is 14.2 Å². The van der Waals surface area contributed by atoms with Crippen LogP contribution in [-0.2, 0) is 11.5 Å². The minimum Gasteiger partial charge on any atom is -0.465 e. The topological polar surface area (TPSA) is 118 Å². The number of pyridine rings is 3. The summed E-state index contributed by atoms with van der Waals surface area (Å²) in [5, 5.41) is 17.9. The highest BCUT2D eigenvalue weighted by Gasteiger charge is 2.26. The summed E-state index contributed by atoms with van der Waals surface area (Å²) in [6.45, 7) is 13.8. The van der Waals surface area contributed by atoms with Crippen LogP contribution >= 0.6 is 0 Å². The molecular weight excluding hydrogens is 546 g/mol. The SMILES string of the molecule is CC(C)c1ccc(-c2nn(COCC[Si](C)(C)C)c3cnc(-c4cccnc4)cc23)nc1N1CCCC(NC(=O)O)C1. The van der Waals surface area contributed by atoms with Gasteiger partial charge < -0.3 is 20.1 Å². The summed E-state index contributed by atoms with van der Waals surface area (Å²) >= 11 is 0. The Morgan fingerprint density at radius 2 is 2.02 bits per heavy atom. The number of fused-ring (bicyclic) bond motifs is 1. The maximum absolute atomic E-state index is 11.4. The average molecular weight is 588 g/mol. The molecular formula is C31H41N7O3Si. The van der Waals surface area contributed by atoms with Crippen molar-refractivity contribution in [2.75, 3.05) is 24.6 Å². The van der Waals surface area contributed by atoms with Gasteiger partial charge in [-0.25, -0.2) is 14.5 Å². The predicted molar refractivity (Wildman–Crippen MR) is 169 cm³/mol. The third kappa shape index (κ3) is 6.96. The van der Waals surface area contributed by atoms with Crippen LogP contribution in [0.4, 0.5) is 10.6 Å². The highest BCUT2D eigenvalue weighted by atomic mass is 28.3. The van der Waals surface area contributed by atoms with E-state index in [9.17, 15) is 9.90 Å². The van der Waals surface area contributed by atoms with E-state index >= 15 is 0 Å². The zero-order valence-electron chi connectivity index (χ0n) is 25.2. The second kappa shape index (κ2) is 12.6. The number of amides is 1. The van der Waals surface area contributed by atoms with Gasteiger partial charge in [-0.3, -0.25) is 9.97 Å². The Morgan fingerprint density at radius 3 is 2.74 bits per heavy atom. The number of hydrogen-bond donors (Lipinski definition) is 2. The average Bonchev–Trinajstić information content (AvgIpc) is 3.32. The van der Waals surface area contributed by atoms with E-state index in [1.54, 1.807) is 6.20 Å². The van der Waals surface area contributed by atoms with Gasteiger partial charge in [0.1, 0.15) is 18.2 Å². The summed E-state index contributed by atoms with van der Waals surface area (Å²) in [5.41, 5.74) is 5.28. The van der Waals surface area contributed by atoms with E-state index in [2.05, 4.69) is 60.8 Å². The second-order valence-corrected chi connectivity index (χ2v) is 18.1. The first-order chi connectivity index (χ1) is 20.1. The standard InChI is InChI=1S/C31H41N7O3Si/c1-21(2)24-10-11-26(35-30(24)37-13-7-9-23(19-37)34-31(39)40)29-25-16-27(22-8-6-12-32-17-22)33-18-28(25)38(36-29)20-41-14-15-42(3,4)5/h6,8,10-12,16-18,21,23,34H,7,9,13-15,19-20H2,1-5H3,(H,39,40). The molecule has 0 radical (unpaired) electrons. The summed E-state index contributed by atoms with van der Waals surface area (Å²) < 4.78 is 7.97. The Bertz CT molecular complexity index is 1540. The lowest BCUT2D eigenvalue weighted by atomic mass is 10.00. The molecule has 0 aliphatic carbocycles. The monoisotopic (exact) mass is 587 g/mol. The van der Waals surface area contributed by atoms with Crippen molar-refractivity contribution < 1.29 is 14.6 Å². The van der Waals surface area contributed by atoms with Gasteiger partial charge in [-0.1, -0.05) is 39.6 Å². The van der Waals surface area contributed by atoms with Gasteiger partial charge in [0.05, 0.1) is 23.1 Å². The van der Waals surface area contributed by atoms with Crippen molar-refractivity contribution in [1.82, 2.24) is 30.0 Å². The zero-order chi connectivity index (χ0) is 29.9.